The Labute approximate surface area is 115 Å². The Kier molecular flexibility index (Phi) is 6.48. The maximum atomic E-state index is 11.3. The number of hydrogen-bond acceptors (Lipinski definition) is 2. The van der Waals surface area contributed by atoms with Gasteiger partial charge in [-0.1, -0.05) is 23.2 Å². The van der Waals surface area contributed by atoms with E-state index in [1.807, 2.05) is 0 Å². The summed E-state index contributed by atoms with van der Waals surface area (Å²) in [6, 6.07) is 4.76. The molecule has 0 saturated heterocycles. The Morgan fingerprint density at radius 2 is 1.82 bits per heavy atom. The van der Waals surface area contributed by atoms with E-state index in [9.17, 15) is 4.79 Å². The van der Waals surface area contributed by atoms with Crippen LogP contribution >= 0.6 is 34.8 Å². The molecule has 1 rings (SSSR count). The molecule has 17 heavy (non-hydrogen) atoms. The van der Waals surface area contributed by atoms with E-state index >= 15 is 0 Å². The van der Waals surface area contributed by atoms with Crippen molar-refractivity contribution in [2.24, 2.45) is 0 Å². The van der Waals surface area contributed by atoms with E-state index in [0.29, 0.717) is 28.2 Å². The number of nitrogens with one attached hydrogen (secondary N) is 1. The van der Waals surface area contributed by atoms with Crippen molar-refractivity contribution in [3.8, 4) is 0 Å². The molecule has 1 amide bonds. The highest BCUT2D eigenvalue weighted by Crippen LogP contribution is 2.22. The zero-order valence-electron chi connectivity index (χ0n) is 9.01. The third-order valence-corrected chi connectivity index (χ3v) is 2.57. The fraction of sp³-hybridized carbons (Fsp3) is 0.364. The van der Waals surface area contributed by atoms with E-state index < -0.39 is 6.09 Å². The van der Waals surface area contributed by atoms with Crippen LogP contribution in [0.4, 0.5) is 10.5 Å². The van der Waals surface area contributed by atoms with Crippen molar-refractivity contribution in [1.82, 2.24) is 0 Å². The quantitative estimate of drug-likeness (QED) is 0.639. The molecule has 1 N–H and O–H groups in total. The summed E-state index contributed by atoms with van der Waals surface area (Å²) < 4.78 is 4.93. The number of carbonyl (C=O) groups is 1. The monoisotopic (exact) mass is 295 g/mol. The first-order chi connectivity index (χ1) is 8.11. The first kappa shape index (κ1) is 14.4. The second-order valence-corrected chi connectivity index (χ2v) is 4.57. The van der Waals surface area contributed by atoms with E-state index in [1.165, 1.54) is 0 Å². The zero-order chi connectivity index (χ0) is 12.7. The number of unbranched alkanes of at least 4 members (excludes halogenated alkanes) is 1. The first-order valence-electron chi connectivity index (χ1n) is 5.07. The van der Waals surface area contributed by atoms with Crippen molar-refractivity contribution < 1.29 is 9.53 Å². The average Bonchev–Trinajstić information content (AvgIpc) is 2.23. The molecule has 94 valence electrons. The van der Waals surface area contributed by atoms with Gasteiger partial charge in [-0.25, -0.2) is 4.79 Å². The number of rotatable bonds is 5. The number of benzene rings is 1. The van der Waals surface area contributed by atoms with Crippen molar-refractivity contribution in [3.63, 3.8) is 0 Å². The normalized spacial score (nSPS) is 10.1. The van der Waals surface area contributed by atoms with Gasteiger partial charge in [0, 0.05) is 21.6 Å². The molecular weight excluding hydrogens is 284 g/mol. The molecule has 0 spiro atoms. The predicted molar refractivity (Wildman–Crippen MR) is 71.4 cm³/mol. The predicted octanol–water partition coefficient (Wildman–Crippen LogP) is 4.56. The topological polar surface area (TPSA) is 38.3 Å². The van der Waals surface area contributed by atoms with Gasteiger partial charge in [-0.15, -0.1) is 11.6 Å². The lowest BCUT2D eigenvalue weighted by Gasteiger charge is -2.07. The second kappa shape index (κ2) is 7.64. The maximum Gasteiger partial charge on any atom is 0.411 e. The van der Waals surface area contributed by atoms with Gasteiger partial charge in [0.05, 0.1) is 6.61 Å². The van der Waals surface area contributed by atoms with Crippen LogP contribution in [0.5, 0.6) is 0 Å². The number of alkyl halides is 1. The lowest BCUT2D eigenvalue weighted by molar-refractivity contribution is 0.160. The van der Waals surface area contributed by atoms with Crippen LogP contribution in [0, 0.1) is 0 Å². The molecule has 0 radical (unpaired) electrons. The fourth-order valence-corrected chi connectivity index (χ4v) is 1.86. The van der Waals surface area contributed by atoms with Crippen LogP contribution in [0.2, 0.25) is 10.0 Å². The smallest absolute Gasteiger partial charge is 0.411 e. The molecule has 0 heterocycles. The molecule has 0 aliphatic carbocycles. The minimum atomic E-state index is -0.530. The highest BCUT2D eigenvalue weighted by Gasteiger charge is 2.04. The van der Waals surface area contributed by atoms with Crippen LogP contribution in [0.1, 0.15) is 12.8 Å². The average molecular weight is 297 g/mol. The molecule has 0 aromatic heterocycles. The molecule has 3 nitrogen and oxygen atoms in total. The molecule has 0 saturated carbocycles. The van der Waals surface area contributed by atoms with E-state index in [2.05, 4.69) is 5.32 Å². The van der Waals surface area contributed by atoms with E-state index in [-0.39, 0.29) is 0 Å². The molecule has 0 aliphatic heterocycles. The lowest BCUT2D eigenvalue weighted by Crippen LogP contribution is -2.14. The van der Waals surface area contributed by atoms with E-state index in [4.69, 9.17) is 39.5 Å². The zero-order valence-corrected chi connectivity index (χ0v) is 11.3. The van der Waals surface area contributed by atoms with E-state index in [0.717, 1.165) is 12.8 Å². The van der Waals surface area contributed by atoms with Crippen LogP contribution in [0.3, 0.4) is 0 Å². The Balaban J connectivity index is 2.39. The summed E-state index contributed by atoms with van der Waals surface area (Å²) in [6.07, 6.45) is 1.03. The van der Waals surface area contributed by atoms with Crippen molar-refractivity contribution in [2.45, 2.75) is 12.8 Å². The van der Waals surface area contributed by atoms with Crippen molar-refractivity contribution in [1.29, 1.82) is 0 Å². The lowest BCUT2D eigenvalue weighted by atomic mass is 10.3. The third kappa shape index (κ3) is 6.01. The van der Waals surface area contributed by atoms with Gasteiger partial charge in [-0.05, 0) is 31.0 Å². The minimum Gasteiger partial charge on any atom is -0.449 e. The largest absolute Gasteiger partial charge is 0.449 e. The maximum absolute atomic E-state index is 11.3. The van der Waals surface area contributed by atoms with Crippen molar-refractivity contribution in [3.05, 3.63) is 28.2 Å². The molecule has 6 heteroatoms. The number of amides is 1. The SMILES string of the molecule is O=C(Nc1cc(Cl)cc(Cl)c1)OCCCCCl. The van der Waals surface area contributed by atoms with Gasteiger partial charge in [0.1, 0.15) is 0 Å². The Morgan fingerprint density at radius 3 is 2.41 bits per heavy atom. The standard InChI is InChI=1S/C11H12Cl3NO2/c12-3-1-2-4-17-11(16)15-10-6-8(13)5-9(14)7-10/h5-7H,1-4H2,(H,15,16). The fourth-order valence-electron chi connectivity index (χ4n) is 1.14. The molecule has 1 aromatic rings. The van der Waals surface area contributed by atoms with Crippen molar-refractivity contribution >= 4 is 46.6 Å². The van der Waals surface area contributed by atoms with Crippen LogP contribution in [-0.2, 0) is 4.74 Å². The van der Waals surface area contributed by atoms with Crippen LogP contribution in [0.15, 0.2) is 18.2 Å². The summed E-state index contributed by atoms with van der Waals surface area (Å²) in [4.78, 5) is 11.3. The summed E-state index contributed by atoms with van der Waals surface area (Å²) in [6.45, 7) is 0.340. The van der Waals surface area contributed by atoms with Gasteiger partial charge < -0.3 is 4.74 Å². The number of carbonyl (C=O) groups excluding carboxylic acids is 1. The van der Waals surface area contributed by atoms with Gasteiger partial charge >= 0.3 is 6.09 Å². The molecule has 0 unspecified atom stereocenters. The molecule has 0 bridgehead atoms. The number of hydrogen-bond donors (Lipinski definition) is 1. The summed E-state index contributed by atoms with van der Waals surface area (Å²) in [7, 11) is 0. The summed E-state index contributed by atoms with van der Waals surface area (Å²) in [5.74, 6) is 0.564. The van der Waals surface area contributed by atoms with Crippen LogP contribution < -0.4 is 5.32 Å². The molecule has 1 aromatic carbocycles. The minimum absolute atomic E-state index is 0.340. The highest BCUT2D eigenvalue weighted by atomic mass is 35.5. The Bertz CT molecular complexity index is 365. The van der Waals surface area contributed by atoms with Gasteiger partial charge in [-0.2, -0.15) is 0 Å². The Hall–Kier alpha value is -0.640. The summed E-state index contributed by atoms with van der Waals surface area (Å²) in [5, 5.41) is 3.44. The molecular formula is C11H12Cl3NO2. The number of anilines is 1. The summed E-state index contributed by atoms with van der Waals surface area (Å²) in [5.41, 5.74) is 0.504. The third-order valence-electron chi connectivity index (χ3n) is 1.87. The molecule has 0 atom stereocenters. The molecule has 0 fully saturated rings. The number of ether oxygens (including phenoxy) is 1. The highest BCUT2D eigenvalue weighted by molar-refractivity contribution is 6.35. The Morgan fingerprint density at radius 1 is 1.18 bits per heavy atom. The van der Waals surface area contributed by atoms with E-state index in [1.54, 1.807) is 18.2 Å². The number of halogens is 3. The van der Waals surface area contributed by atoms with Gasteiger partial charge in [0.2, 0.25) is 0 Å². The van der Waals surface area contributed by atoms with Crippen LogP contribution in [0.25, 0.3) is 0 Å². The summed E-state index contributed by atoms with van der Waals surface area (Å²) >= 11 is 17.1. The first-order valence-corrected chi connectivity index (χ1v) is 6.36. The van der Waals surface area contributed by atoms with Gasteiger partial charge in [0.25, 0.3) is 0 Å². The molecule has 0 aliphatic rings. The second-order valence-electron chi connectivity index (χ2n) is 3.32. The van der Waals surface area contributed by atoms with Crippen molar-refractivity contribution in [2.75, 3.05) is 17.8 Å². The van der Waals surface area contributed by atoms with Gasteiger partial charge in [-0.3, -0.25) is 5.32 Å². The van der Waals surface area contributed by atoms with Gasteiger partial charge in [0.15, 0.2) is 0 Å². The van der Waals surface area contributed by atoms with Crippen LogP contribution in [-0.4, -0.2) is 18.6 Å².